The van der Waals surface area contributed by atoms with Crippen molar-refractivity contribution in [1.29, 1.82) is 0 Å². The monoisotopic (exact) mass is 357 g/mol. The molecule has 1 heterocycles. The average Bonchev–Trinajstić information content (AvgIpc) is 2.83. The van der Waals surface area contributed by atoms with E-state index in [0.29, 0.717) is 19.7 Å². The normalized spacial score (nSPS) is 15.7. The van der Waals surface area contributed by atoms with Crippen molar-refractivity contribution in [3.8, 4) is 5.75 Å². The number of aliphatic hydroxyl groups excluding tert-OH is 1. The predicted octanol–water partition coefficient (Wildman–Crippen LogP) is 2.65. The van der Waals surface area contributed by atoms with Gasteiger partial charge in [0.2, 0.25) is 0 Å². The third kappa shape index (κ3) is 5.25. The minimum absolute atomic E-state index is 0.222. The molecule has 4 nitrogen and oxygen atoms in total. The van der Waals surface area contributed by atoms with Crippen LogP contribution in [0, 0.1) is 0 Å². The molecule has 1 unspecified atom stereocenters. The van der Waals surface area contributed by atoms with Crippen LogP contribution in [0.3, 0.4) is 0 Å². The lowest BCUT2D eigenvalue weighted by Gasteiger charge is -2.22. The van der Waals surface area contributed by atoms with E-state index in [4.69, 9.17) is 9.47 Å². The molecule has 0 aromatic heterocycles. The van der Waals surface area contributed by atoms with Crippen molar-refractivity contribution < 1.29 is 14.6 Å². The Kier molecular flexibility index (Phi) is 5.66. The van der Waals surface area contributed by atoms with Crippen molar-refractivity contribution in [3.63, 3.8) is 0 Å². The Morgan fingerprint density at radius 3 is 2.90 bits per heavy atom. The molecule has 0 spiro atoms. The Morgan fingerprint density at radius 2 is 2.19 bits per heavy atom. The molecule has 1 aliphatic rings. The zero-order valence-corrected chi connectivity index (χ0v) is 14.5. The number of rotatable bonds is 6. The Balaban J connectivity index is 1.81. The van der Waals surface area contributed by atoms with Crippen LogP contribution in [0.5, 0.6) is 5.75 Å². The van der Waals surface area contributed by atoms with Crippen molar-refractivity contribution in [1.82, 2.24) is 5.32 Å². The van der Waals surface area contributed by atoms with E-state index >= 15 is 0 Å². The van der Waals surface area contributed by atoms with Gasteiger partial charge in [-0.15, -0.1) is 0 Å². The molecule has 2 rings (SSSR count). The van der Waals surface area contributed by atoms with Crippen LogP contribution in [0.2, 0.25) is 0 Å². The minimum Gasteiger partial charge on any atom is -0.493 e. The highest BCUT2D eigenvalue weighted by molar-refractivity contribution is 9.10. The lowest BCUT2D eigenvalue weighted by atomic mass is 10.1. The van der Waals surface area contributed by atoms with E-state index in [0.717, 1.165) is 28.8 Å². The smallest absolute Gasteiger partial charge is 0.127 e. The fourth-order valence-corrected chi connectivity index (χ4v) is 2.81. The van der Waals surface area contributed by atoms with E-state index < -0.39 is 6.10 Å². The number of hydrogen-bond acceptors (Lipinski definition) is 4. The highest BCUT2D eigenvalue weighted by Gasteiger charge is 2.18. The zero-order valence-electron chi connectivity index (χ0n) is 12.9. The van der Waals surface area contributed by atoms with Crippen LogP contribution < -0.4 is 10.1 Å². The van der Waals surface area contributed by atoms with E-state index in [9.17, 15) is 5.11 Å². The fraction of sp³-hybridized carbons (Fsp3) is 0.625. The second-order valence-corrected chi connectivity index (χ2v) is 7.28. The molecule has 0 saturated heterocycles. The Hall–Kier alpha value is -0.620. The largest absolute Gasteiger partial charge is 0.493 e. The van der Waals surface area contributed by atoms with Gasteiger partial charge in [-0.05, 0) is 38.5 Å². The zero-order chi connectivity index (χ0) is 15.5. The lowest BCUT2D eigenvalue weighted by molar-refractivity contribution is -0.0479. The Labute approximate surface area is 135 Å². The molecular weight excluding hydrogens is 334 g/mol. The van der Waals surface area contributed by atoms with Gasteiger partial charge in [0, 0.05) is 29.5 Å². The van der Waals surface area contributed by atoms with Crippen LogP contribution in [0.25, 0.3) is 0 Å². The molecule has 1 atom stereocenters. The number of nitrogens with one attached hydrogen (secondary N) is 1. The summed E-state index contributed by atoms with van der Waals surface area (Å²) < 4.78 is 12.3. The number of hydrogen-bond donors (Lipinski definition) is 2. The van der Waals surface area contributed by atoms with Crippen molar-refractivity contribution in [2.75, 3.05) is 19.8 Å². The van der Waals surface area contributed by atoms with Crippen LogP contribution >= 0.6 is 15.9 Å². The standard InChI is InChI=1S/C16H24BrNO3/c1-16(2,3)21-10-14(19)9-18-8-12-7-13(17)6-11-4-5-20-15(11)12/h6-7,14,18-19H,4-5,8-10H2,1-3H3. The molecule has 0 amide bonds. The van der Waals surface area contributed by atoms with Gasteiger partial charge in [-0.3, -0.25) is 0 Å². The first kappa shape index (κ1) is 16.7. The van der Waals surface area contributed by atoms with Gasteiger partial charge < -0.3 is 19.9 Å². The molecule has 0 saturated carbocycles. The third-order valence-electron chi connectivity index (χ3n) is 3.23. The van der Waals surface area contributed by atoms with Crippen LogP contribution in [0.1, 0.15) is 31.9 Å². The van der Waals surface area contributed by atoms with E-state index in [1.54, 1.807) is 0 Å². The molecule has 1 aliphatic heterocycles. The number of aliphatic hydroxyl groups is 1. The van der Waals surface area contributed by atoms with Crippen molar-refractivity contribution >= 4 is 15.9 Å². The summed E-state index contributed by atoms with van der Waals surface area (Å²) in [5.41, 5.74) is 2.15. The number of benzene rings is 1. The number of ether oxygens (including phenoxy) is 2. The van der Waals surface area contributed by atoms with Crippen molar-refractivity contribution in [3.05, 3.63) is 27.7 Å². The van der Waals surface area contributed by atoms with E-state index in [-0.39, 0.29) is 5.60 Å². The van der Waals surface area contributed by atoms with Gasteiger partial charge in [0.05, 0.1) is 24.9 Å². The van der Waals surface area contributed by atoms with Gasteiger partial charge in [-0.25, -0.2) is 0 Å². The quantitative estimate of drug-likeness (QED) is 0.821. The molecule has 0 radical (unpaired) electrons. The number of fused-ring (bicyclic) bond motifs is 1. The molecule has 1 aromatic carbocycles. The molecule has 0 bridgehead atoms. The maximum atomic E-state index is 9.91. The first-order valence-electron chi connectivity index (χ1n) is 7.32. The molecule has 5 heteroatoms. The van der Waals surface area contributed by atoms with Crippen LogP contribution in [0.4, 0.5) is 0 Å². The van der Waals surface area contributed by atoms with Gasteiger partial charge in [0.15, 0.2) is 0 Å². The molecule has 118 valence electrons. The average molecular weight is 358 g/mol. The second kappa shape index (κ2) is 7.09. The van der Waals surface area contributed by atoms with Gasteiger partial charge in [0.1, 0.15) is 5.75 Å². The van der Waals surface area contributed by atoms with Gasteiger partial charge in [-0.2, -0.15) is 0 Å². The van der Waals surface area contributed by atoms with E-state index in [1.807, 2.05) is 20.8 Å². The molecule has 21 heavy (non-hydrogen) atoms. The molecule has 1 aromatic rings. The minimum atomic E-state index is -0.509. The first-order valence-corrected chi connectivity index (χ1v) is 8.11. The lowest BCUT2D eigenvalue weighted by Crippen LogP contribution is -2.33. The Morgan fingerprint density at radius 1 is 1.43 bits per heavy atom. The molecule has 0 fully saturated rings. The van der Waals surface area contributed by atoms with Crippen molar-refractivity contribution in [2.24, 2.45) is 0 Å². The summed E-state index contributed by atoms with van der Waals surface area (Å²) in [6.07, 6.45) is 0.453. The predicted molar refractivity (Wildman–Crippen MR) is 86.8 cm³/mol. The van der Waals surface area contributed by atoms with Gasteiger partial charge in [-0.1, -0.05) is 15.9 Å². The summed E-state index contributed by atoms with van der Waals surface area (Å²) in [5, 5.41) is 13.2. The topological polar surface area (TPSA) is 50.7 Å². The van der Waals surface area contributed by atoms with Gasteiger partial charge >= 0.3 is 0 Å². The van der Waals surface area contributed by atoms with E-state index in [1.165, 1.54) is 5.56 Å². The van der Waals surface area contributed by atoms with Gasteiger partial charge in [0.25, 0.3) is 0 Å². The summed E-state index contributed by atoms with van der Waals surface area (Å²) in [7, 11) is 0. The van der Waals surface area contributed by atoms with E-state index in [2.05, 4.69) is 33.4 Å². The Bertz CT molecular complexity index is 485. The summed E-state index contributed by atoms with van der Waals surface area (Å²) >= 11 is 3.53. The molecule has 2 N–H and O–H groups in total. The molecular formula is C16H24BrNO3. The summed E-state index contributed by atoms with van der Waals surface area (Å²) in [6, 6.07) is 4.17. The first-order chi connectivity index (χ1) is 9.85. The SMILES string of the molecule is CC(C)(C)OCC(O)CNCc1cc(Br)cc2c1OCC2. The summed E-state index contributed by atoms with van der Waals surface area (Å²) in [5.74, 6) is 0.992. The second-order valence-electron chi connectivity index (χ2n) is 6.36. The highest BCUT2D eigenvalue weighted by Crippen LogP contribution is 2.32. The molecule has 0 aliphatic carbocycles. The third-order valence-corrected chi connectivity index (χ3v) is 3.69. The van der Waals surface area contributed by atoms with Crippen LogP contribution in [-0.4, -0.2) is 36.6 Å². The number of halogens is 1. The fourth-order valence-electron chi connectivity index (χ4n) is 2.26. The van der Waals surface area contributed by atoms with Crippen molar-refractivity contribution in [2.45, 2.75) is 45.4 Å². The highest BCUT2D eigenvalue weighted by atomic mass is 79.9. The van der Waals surface area contributed by atoms with Crippen LogP contribution in [0.15, 0.2) is 16.6 Å². The maximum Gasteiger partial charge on any atom is 0.127 e. The van der Waals surface area contributed by atoms with Crippen LogP contribution in [-0.2, 0) is 17.7 Å². The maximum absolute atomic E-state index is 9.91. The summed E-state index contributed by atoms with van der Waals surface area (Å²) in [6.45, 7) is 8.20. The summed E-state index contributed by atoms with van der Waals surface area (Å²) in [4.78, 5) is 0.